The second-order valence-electron chi connectivity index (χ2n) is 3.77. The maximum Gasteiger partial charge on any atom is 0.387 e. The molecule has 0 fully saturated rings. The SMILES string of the molecule is Cl.NCCCCNC(=O)c1cc(Cl)ccc1OC(F)F. The van der Waals surface area contributed by atoms with E-state index in [-0.39, 0.29) is 28.7 Å². The number of ether oxygens (including phenoxy) is 1. The molecule has 1 rings (SSSR count). The fourth-order valence-electron chi connectivity index (χ4n) is 1.44. The second kappa shape index (κ2) is 9.74. The Morgan fingerprint density at radius 1 is 1.40 bits per heavy atom. The second-order valence-corrected chi connectivity index (χ2v) is 4.21. The van der Waals surface area contributed by atoms with Crippen molar-refractivity contribution in [3.63, 3.8) is 0 Å². The lowest BCUT2D eigenvalue weighted by Crippen LogP contribution is -2.25. The lowest BCUT2D eigenvalue weighted by atomic mass is 10.2. The van der Waals surface area contributed by atoms with E-state index in [4.69, 9.17) is 17.3 Å². The normalized spacial score (nSPS) is 10.1. The van der Waals surface area contributed by atoms with Gasteiger partial charge in [-0.15, -0.1) is 12.4 Å². The number of halogens is 4. The Morgan fingerprint density at radius 3 is 2.70 bits per heavy atom. The van der Waals surface area contributed by atoms with Crippen LogP contribution in [0.25, 0.3) is 0 Å². The van der Waals surface area contributed by atoms with Crippen LogP contribution < -0.4 is 15.8 Å². The van der Waals surface area contributed by atoms with E-state index < -0.39 is 12.5 Å². The van der Waals surface area contributed by atoms with Gasteiger partial charge in [0, 0.05) is 11.6 Å². The number of unbranched alkanes of at least 4 members (excludes halogenated alkanes) is 1. The molecule has 1 aromatic rings. The summed E-state index contributed by atoms with van der Waals surface area (Å²) in [5, 5.41) is 2.87. The summed E-state index contributed by atoms with van der Waals surface area (Å²) >= 11 is 5.74. The van der Waals surface area contributed by atoms with E-state index in [9.17, 15) is 13.6 Å². The molecule has 0 bridgehead atoms. The zero-order valence-electron chi connectivity index (χ0n) is 10.6. The summed E-state index contributed by atoms with van der Waals surface area (Å²) in [4.78, 5) is 11.8. The lowest BCUT2D eigenvalue weighted by molar-refractivity contribution is -0.0501. The minimum Gasteiger partial charge on any atom is -0.434 e. The van der Waals surface area contributed by atoms with Gasteiger partial charge in [0.05, 0.1) is 5.56 Å². The maximum atomic E-state index is 12.2. The van der Waals surface area contributed by atoms with Crippen LogP contribution in [-0.4, -0.2) is 25.6 Å². The minimum atomic E-state index is -3.00. The van der Waals surface area contributed by atoms with Crippen molar-refractivity contribution in [2.24, 2.45) is 5.73 Å². The molecule has 4 nitrogen and oxygen atoms in total. The maximum absolute atomic E-state index is 12.2. The highest BCUT2D eigenvalue weighted by Gasteiger charge is 2.16. The van der Waals surface area contributed by atoms with Crippen molar-refractivity contribution in [3.8, 4) is 5.75 Å². The third-order valence-corrected chi connectivity index (χ3v) is 2.55. The van der Waals surface area contributed by atoms with Crippen LogP contribution in [0.4, 0.5) is 8.78 Å². The highest BCUT2D eigenvalue weighted by Crippen LogP contribution is 2.24. The highest BCUT2D eigenvalue weighted by molar-refractivity contribution is 6.31. The van der Waals surface area contributed by atoms with E-state index in [1.807, 2.05) is 0 Å². The van der Waals surface area contributed by atoms with Crippen molar-refractivity contribution >= 4 is 29.9 Å². The molecule has 0 saturated carbocycles. The number of rotatable bonds is 7. The van der Waals surface area contributed by atoms with Gasteiger partial charge in [-0.05, 0) is 37.6 Å². The predicted octanol–water partition coefficient (Wildman–Crippen LogP) is 2.83. The molecule has 0 radical (unpaired) electrons. The Bertz CT molecular complexity index is 434. The molecule has 0 atom stereocenters. The third-order valence-electron chi connectivity index (χ3n) is 2.32. The lowest BCUT2D eigenvalue weighted by Gasteiger charge is -2.11. The molecule has 0 aliphatic heterocycles. The fraction of sp³-hybridized carbons (Fsp3) is 0.417. The molecule has 1 amide bonds. The van der Waals surface area contributed by atoms with E-state index in [2.05, 4.69) is 10.1 Å². The number of nitrogens with two attached hydrogens (primary N) is 1. The summed E-state index contributed by atoms with van der Waals surface area (Å²) in [6.07, 6.45) is 1.49. The van der Waals surface area contributed by atoms with Crippen molar-refractivity contribution in [2.75, 3.05) is 13.1 Å². The van der Waals surface area contributed by atoms with Gasteiger partial charge >= 0.3 is 6.61 Å². The van der Waals surface area contributed by atoms with Crippen molar-refractivity contribution < 1.29 is 18.3 Å². The van der Waals surface area contributed by atoms with Gasteiger partial charge in [-0.25, -0.2) is 0 Å². The van der Waals surface area contributed by atoms with Gasteiger partial charge in [0.2, 0.25) is 0 Å². The molecular weight excluding hydrogens is 313 g/mol. The average molecular weight is 329 g/mol. The topological polar surface area (TPSA) is 64.3 Å². The van der Waals surface area contributed by atoms with Crippen molar-refractivity contribution in [3.05, 3.63) is 28.8 Å². The van der Waals surface area contributed by atoms with Gasteiger partial charge in [0.1, 0.15) is 5.75 Å². The largest absolute Gasteiger partial charge is 0.434 e. The molecule has 0 aliphatic carbocycles. The van der Waals surface area contributed by atoms with Crippen molar-refractivity contribution in [1.82, 2.24) is 5.32 Å². The number of amides is 1. The molecule has 0 saturated heterocycles. The highest BCUT2D eigenvalue weighted by atomic mass is 35.5. The third kappa shape index (κ3) is 6.36. The monoisotopic (exact) mass is 328 g/mol. The first-order chi connectivity index (χ1) is 9.04. The summed E-state index contributed by atoms with van der Waals surface area (Å²) in [7, 11) is 0. The molecular formula is C12H16Cl2F2N2O2. The minimum absolute atomic E-state index is 0. The van der Waals surface area contributed by atoms with Crippen LogP contribution in [0, 0.1) is 0 Å². The first-order valence-corrected chi connectivity index (χ1v) is 6.15. The number of hydrogen-bond acceptors (Lipinski definition) is 3. The Hall–Kier alpha value is -1.11. The number of hydrogen-bond donors (Lipinski definition) is 2. The Labute approximate surface area is 127 Å². The number of nitrogens with one attached hydrogen (secondary N) is 1. The van der Waals surface area contributed by atoms with Gasteiger partial charge in [-0.2, -0.15) is 8.78 Å². The zero-order chi connectivity index (χ0) is 14.3. The Kier molecular flexibility index (Phi) is 9.20. The Morgan fingerprint density at radius 2 is 2.10 bits per heavy atom. The smallest absolute Gasteiger partial charge is 0.387 e. The number of carbonyl (C=O) groups excluding carboxylic acids is 1. The van der Waals surface area contributed by atoms with Gasteiger partial charge in [-0.3, -0.25) is 4.79 Å². The molecule has 8 heteroatoms. The van der Waals surface area contributed by atoms with Crippen LogP contribution in [0.3, 0.4) is 0 Å². The van der Waals surface area contributed by atoms with E-state index in [0.29, 0.717) is 19.5 Å². The number of benzene rings is 1. The first kappa shape index (κ1) is 18.9. The molecule has 0 spiro atoms. The van der Waals surface area contributed by atoms with Crippen LogP contribution in [0.2, 0.25) is 5.02 Å². The van der Waals surface area contributed by atoms with Gasteiger partial charge in [0.15, 0.2) is 0 Å². The van der Waals surface area contributed by atoms with E-state index in [1.165, 1.54) is 18.2 Å². The molecule has 114 valence electrons. The van der Waals surface area contributed by atoms with Crippen LogP contribution >= 0.6 is 24.0 Å². The van der Waals surface area contributed by atoms with E-state index in [1.54, 1.807) is 0 Å². The van der Waals surface area contributed by atoms with Gasteiger partial charge in [-0.1, -0.05) is 11.6 Å². The standard InChI is InChI=1S/C12H15ClF2N2O2.ClH/c13-8-3-4-10(19-12(14)15)9(7-8)11(18)17-6-2-1-5-16;/h3-4,7,12H,1-2,5-6,16H2,(H,17,18);1H. The van der Waals surface area contributed by atoms with E-state index in [0.717, 1.165) is 6.42 Å². The molecule has 0 heterocycles. The average Bonchev–Trinajstić information content (AvgIpc) is 2.36. The first-order valence-electron chi connectivity index (χ1n) is 5.77. The van der Waals surface area contributed by atoms with Gasteiger partial charge < -0.3 is 15.8 Å². The fourth-order valence-corrected chi connectivity index (χ4v) is 1.62. The molecule has 1 aromatic carbocycles. The van der Waals surface area contributed by atoms with E-state index >= 15 is 0 Å². The molecule has 20 heavy (non-hydrogen) atoms. The van der Waals surface area contributed by atoms with Crippen LogP contribution in [0.5, 0.6) is 5.75 Å². The van der Waals surface area contributed by atoms with Crippen molar-refractivity contribution in [2.45, 2.75) is 19.5 Å². The number of alkyl halides is 2. The zero-order valence-corrected chi connectivity index (χ0v) is 12.1. The number of carbonyl (C=O) groups is 1. The van der Waals surface area contributed by atoms with Crippen molar-refractivity contribution in [1.29, 1.82) is 0 Å². The summed E-state index contributed by atoms with van der Waals surface area (Å²) in [5.74, 6) is -0.703. The molecule has 0 unspecified atom stereocenters. The quantitative estimate of drug-likeness (QED) is 0.756. The van der Waals surface area contributed by atoms with Gasteiger partial charge in [0.25, 0.3) is 5.91 Å². The summed E-state index contributed by atoms with van der Waals surface area (Å²) in [6, 6.07) is 3.91. The van der Waals surface area contributed by atoms with Crippen LogP contribution in [-0.2, 0) is 0 Å². The summed E-state index contributed by atoms with van der Waals surface area (Å²) in [5.41, 5.74) is 5.31. The van der Waals surface area contributed by atoms with Crippen LogP contribution in [0.1, 0.15) is 23.2 Å². The Balaban J connectivity index is 0.00000361. The predicted molar refractivity (Wildman–Crippen MR) is 76.0 cm³/mol. The van der Waals surface area contributed by atoms with Crippen LogP contribution in [0.15, 0.2) is 18.2 Å². The molecule has 0 aliphatic rings. The molecule has 0 aromatic heterocycles. The molecule has 3 N–H and O–H groups in total. The summed E-state index contributed by atoms with van der Waals surface area (Å²) in [6.45, 7) is -2.05. The summed E-state index contributed by atoms with van der Waals surface area (Å²) < 4.78 is 28.7.